The van der Waals surface area contributed by atoms with Crippen LogP contribution in [0.1, 0.15) is 0 Å². The third-order valence-corrected chi connectivity index (χ3v) is 2.13. The summed E-state index contributed by atoms with van der Waals surface area (Å²) in [6, 6.07) is 6.98. The second-order valence-corrected chi connectivity index (χ2v) is 3.44. The molecule has 1 aromatic carbocycles. The summed E-state index contributed by atoms with van der Waals surface area (Å²) in [7, 11) is 0. The molecular weight excluding hydrogens is 226 g/mol. The van der Waals surface area contributed by atoms with E-state index in [0.29, 0.717) is 11.5 Å². The maximum Gasteiger partial charge on any atom is 0.351 e. The van der Waals surface area contributed by atoms with Gasteiger partial charge in [0.05, 0.1) is 0 Å². The quantitative estimate of drug-likeness (QED) is 0.739. The molecule has 0 saturated heterocycles. The number of rotatable bonds is 3. The van der Waals surface area contributed by atoms with E-state index in [1.807, 2.05) is 0 Å². The number of nitrogens with two attached hydrogens (primary N) is 1. The molecule has 2 N–H and O–H groups in total. The molecule has 0 radical (unpaired) electrons. The van der Waals surface area contributed by atoms with E-state index in [1.54, 1.807) is 24.3 Å². The Hall–Kier alpha value is -2.24. The van der Waals surface area contributed by atoms with Crippen molar-refractivity contribution in [3.63, 3.8) is 0 Å². The summed E-state index contributed by atoms with van der Waals surface area (Å²) in [6.07, 6.45) is -0.871. The van der Waals surface area contributed by atoms with Crippen molar-refractivity contribution in [1.82, 2.24) is 0 Å². The molecule has 2 rings (SSSR count). The third kappa shape index (κ3) is 2.66. The molecule has 6 heteroatoms. The fraction of sp³-hybridized carbons (Fsp3) is 0.273. The van der Waals surface area contributed by atoms with Gasteiger partial charge in [0.2, 0.25) is 6.10 Å². The molecule has 17 heavy (non-hydrogen) atoms. The van der Waals surface area contributed by atoms with Crippen molar-refractivity contribution in [1.29, 1.82) is 0 Å². The molecule has 0 unspecified atom stereocenters. The zero-order chi connectivity index (χ0) is 12.3. The third-order valence-electron chi connectivity index (χ3n) is 2.13. The first-order chi connectivity index (χ1) is 8.16. The fourth-order valence-corrected chi connectivity index (χ4v) is 1.37. The van der Waals surface area contributed by atoms with Gasteiger partial charge in [0.15, 0.2) is 18.1 Å². The molecular formula is C11H11NO5. The fourth-order valence-electron chi connectivity index (χ4n) is 1.37. The average Bonchev–Trinajstić information content (AvgIpc) is 2.35. The van der Waals surface area contributed by atoms with Gasteiger partial charge in [-0.05, 0) is 12.1 Å². The van der Waals surface area contributed by atoms with Crippen LogP contribution in [0.5, 0.6) is 11.5 Å². The number of carbonyl (C=O) groups is 2. The molecule has 0 fully saturated rings. The number of esters is 1. The standard InChI is InChI=1S/C11H11NO5/c12-10(13)6-16-11(14)9-5-15-7-3-1-2-4-8(7)17-9/h1-4,9H,5-6H2,(H2,12,13)/t9-/m0/s1. The van der Waals surface area contributed by atoms with E-state index >= 15 is 0 Å². The summed E-state index contributed by atoms with van der Waals surface area (Å²) >= 11 is 0. The Morgan fingerprint density at radius 3 is 2.76 bits per heavy atom. The highest BCUT2D eigenvalue weighted by molar-refractivity contribution is 5.81. The lowest BCUT2D eigenvalue weighted by molar-refractivity contribution is -0.157. The second kappa shape index (κ2) is 4.73. The highest BCUT2D eigenvalue weighted by Crippen LogP contribution is 2.30. The average molecular weight is 237 g/mol. The van der Waals surface area contributed by atoms with E-state index in [4.69, 9.17) is 15.2 Å². The van der Waals surface area contributed by atoms with Crippen LogP contribution in [0.3, 0.4) is 0 Å². The van der Waals surface area contributed by atoms with E-state index in [1.165, 1.54) is 0 Å². The van der Waals surface area contributed by atoms with Gasteiger partial charge in [-0.1, -0.05) is 12.1 Å². The van der Waals surface area contributed by atoms with Crippen LogP contribution >= 0.6 is 0 Å². The predicted octanol–water partition coefficient (Wildman–Crippen LogP) is -0.145. The Bertz CT molecular complexity index is 445. The van der Waals surface area contributed by atoms with Crippen molar-refractivity contribution in [2.45, 2.75) is 6.10 Å². The van der Waals surface area contributed by atoms with Gasteiger partial charge in [0.25, 0.3) is 5.91 Å². The van der Waals surface area contributed by atoms with Crippen LogP contribution in [0.2, 0.25) is 0 Å². The first-order valence-electron chi connectivity index (χ1n) is 5.00. The van der Waals surface area contributed by atoms with Gasteiger partial charge >= 0.3 is 5.97 Å². The zero-order valence-corrected chi connectivity index (χ0v) is 8.92. The molecule has 0 saturated carbocycles. The molecule has 0 bridgehead atoms. The van der Waals surface area contributed by atoms with Crippen LogP contribution in [-0.4, -0.2) is 31.2 Å². The van der Waals surface area contributed by atoms with Gasteiger partial charge in [-0.3, -0.25) is 4.79 Å². The minimum Gasteiger partial charge on any atom is -0.485 e. The van der Waals surface area contributed by atoms with Gasteiger partial charge in [0, 0.05) is 0 Å². The molecule has 1 aliphatic rings. The number of hydrogen-bond donors (Lipinski definition) is 1. The van der Waals surface area contributed by atoms with Crippen molar-refractivity contribution < 1.29 is 23.8 Å². The number of ether oxygens (including phenoxy) is 3. The van der Waals surface area contributed by atoms with Crippen molar-refractivity contribution >= 4 is 11.9 Å². The van der Waals surface area contributed by atoms with Gasteiger partial charge < -0.3 is 19.9 Å². The van der Waals surface area contributed by atoms with E-state index < -0.39 is 24.6 Å². The lowest BCUT2D eigenvalue weighted by Crippen LogP contribution is -2.39. The lowest BCUT2D eigenvalue weighted by Gasteiger charge is -2.24. The molecule has 1 aliphatic heterocycles. The maximum atomic E-state index is 11.5. The number of primary amides is 1. The van der Waals surface area contributed by atoms with Crippen LogP contribution < -0.4 is 15.2 Å². The SMILES string of the molecule is NC(=O)COC(=O)[C@@H]1COc2ccccc2O1. The van der Waals surface area contributed by atoms with Crippen molar-refractivity contribution in [2.75, 3.05) is 13.2 Å². The smallest absolute Gasteiger partial charge is 0.351 e. The Morgan fingerprint density at radius 2 is 2.06 bits per heavy atom. The molecule has 1 heterocycles. The number of hydrogen-bond acceptors (Lipinski definition) is 5. The Balaban J connectivity index is 1.97. The molecule has 1 amide bonds. The monoisotopic (exact) mass is 237 g/mol. The largest absolute Gasteiger partial charge is 0.485 e. The van der Waals surface area contributed by atoms with Crippen molar-refractivity contribution in [3.05, 3.63) is 24.3 Å². The number of amides is 1. The highest BCUT2D eigenvalue weighted by atomic mass is 16.6. The van der Waals surface area contributed by atoms with Crippen LogP contribution in [0.15, 0.2) is 24.3 Å². The number of fused-ring (bicyclic) bond motifs is 1. The summed E-state index contributed by atoms with van der Waals surface area (Å²) in [4.78, 5) is 21.9. The maximum absolute atomic E-state index is 11.5. The summed E-state index contributed by atoms with van der Waals surface area (Å²) in [5.41, 5.74) is 4.86. The minimum atomic E-state index is -0.871. The van der Waals surface area contributed by atoms with Gasteiger partial charge in [-0.2, -0.15) is 0 Å². The second-order valence-electron chi connectivity index (χ2n) is 3.44. The van der Waals surface area contributed by atoms with Crippen molar-refractivity contribution in [2.24, 2.45) is 5.73 Å². The highest BCUT2D eigenvalue weighted by Gasteiger charge is 2.28. The topological polar surface area (TPSA) is 87.9 Å². The Morgan fingerprint density at radius 1 is 1.35 bits per heavy atom. The van der Waals surface area contributed by atoms with E-state index in [2.05, 4.69) is 4.74 Å². The summed E-state index contributed by atoms with van der Waals surface area (Å²) in [5.74, 6) is -0.333. The first kappa shape index (κ1) is 11.3. The van der Waals surface area contributed by atoms with E-state index in [-0.39, 0.29) is 6.61 Å². The minimum absolute atomic E-state index is 0.0502. The molecule has 90 valence electrons. The first-order valence-corrected chi connectivity index (χ1v) is 5.00. The summed E-state index contributed by atoms with van der Waals surface area (Å²) < 4.78 is 15.3. The van der Waals surface area contributed by atoms with Crippen molar-refractivity contribution in [3.8, 4) is 11.5 Å². The zero-order valence-electron chi connectivity index (χ0n) is 8.92. The molecule has 1 aromatic rings. The van der Waals surface area contributed by atoms with Crippen LogP contribution in [-0.2, 0) is 14.3 Å². The Kier molecular flexibility index (Phi) is 3.13. The number of benzene rings is 1. The van der Waals surface area contributed by atoms with E-state index in [9.17, 15) is 9.59 Å². The normalized spacial score (nSPS) is 17.3. The Labute approximate surface area is 97.3 Å². The predicted molar refractivity (Wildman–Crippen MR) is 56.5 cm³/mol. The van der Waals surface area contributed by atoms with Crippen LogP contribution in [0.4, 0.5) is 0 Å². The summed E-state index contributed by atoms with van der Waals surface area (Å²) in [5, 5.41) is 0. The number of carbonyl (C=O) groups excluding carboxylic acids is 2. The van der Waals surface area contributed by atoms with E-state index in [0.717, 1.165) is 0 Å². The van der Waals surface area contributed by atoms with Crippen LogP contribution in [0.25, 0.3) is 0 Å². The number of para-hydroxylation sites is 2. The van der Waals surface area contributed by atoms with Gasteiger partial charge in [0.1, 0.15) is 6.61 Å². The molecule has 0 aliphatic carbocycles. The molecule has 0 spiro atoms. The summed E-state index contributed by atoms with van der Waals surface area (Å²) in [6.45, 7) is -0.408. The van der Waals surface area contributed by atoms with Crippen LogP contribution in [0, 0.1) is 0 Å². The molecule has 1 atom stereocenters. The molecule has 0 aromatic heterocycles. The van der Waals surface area contributed by atoms with Gasteiger partial charge in [-0.25, -0.2) is 4.79 Å². The van der Waals surface area contributed by atoms with Gasteiger partial charge in [-0.15, -0.1) is 0 Å². The molecule has 6 nitrogen and oxygen atoms in total. The lowest BCUT2D eigenvalue weighted by atomic mass is 10.2.